The van der Waals surface area contributed by atoms with Gasteiger partial charge in [-0.15, -0.1) is 0 Å². The van der Waals surface area contributed by atoms with Crippen molar-refractivity contribution in [1.29, 1.82) is 0 Å². The predicted octanol–water partition coefficient (Wildman–Crippen LogP) is 3.16. The number of aliphatic hydroxyl groups is 1. The molecule has 26 heavy (non-hydrogen) atoms. The average Bonchev–Trinajstić information content (AvgIpc) is 2.88. The van der Waals surface area contributed by atoms with E-state index < -0.39 is 0 Å². The SMILES string of the molecule is CC(C)[C@H](CO)NCc1nc(-c2ccc3c(c2)OCCCO3)ccc1F. The Hall–Kier alpha value is -2.18. The van der Waals surface area contributed by atoms with E-state index >= 15 is 0 Å². The van der Waals surface area contributed by atoms with Crippen molar-refractivity contribution in [2.45, 2.75) is 32.9 Å². The number of ether oxygens (including phenoxy) is 2. The smallest absolute Gasteiger partial charge is 0.161 e. The van der Waals surface area contributed by atoms with Gasteiger partial charge in [-0.1, -0.05) is 13.8 Å². The van der Waals surface area contributed by atoms with Gasteiger partial charge in [-0.25, -0.2) is 9.37 Å². The Bertz CT molecular complexity index is 752. The standard InChI is InChI=1S/C20H25FN2O3/c1-13(2)18(12-24)22-11-17-15(21)5-6-16(23-17)14-4-7-19-20(10-14)26-9-3-8-25-19/h4-7,10,13,18,22,24H,3,8-9,11-12H2,1-2H3/t18-/m0/s1. The lowest BCUT2D eigenvalue weighted by Crippen LogP contribution is -2.36. The Balaban J connectivity index is 1.82. The molecule has 0 saturated carbocycles. The zero-order valence-corrected chi connectivity index (χ0v) is 15.2. The molecule has 6 heteroatoms. The molecule has 1 aromatic carbocycles. The minimum atomic E-state index is -0.365. The summed E-state index contributed by atoms with van der Waals surface area (Å²) in [6, 6.07) is 8.62. The molecule has 0 spiro atoms. The molecule has 0 radical (unpaired) electrons. The lowest BCUT2D eigenvalue weighted by atomic mass is 10.1. The first-order chi connectivity index (χ1) is 12.6. The molecule has 0 bridgehead atoms. The Labute approximate surface area is 153 Å². The maximum absolute atomic E-state index is 14.2. The summed E-state index contributed by atoms with van der Waals surface area (Å²) in [6.45, 7) is 5.52. The van der Waals surface area contributed by atoms with Crippen LogP contribution in [0.3, 0.4) is 0 Å². The van der Waals surface area contributed by atoms with Crippen LogP contribution in [0.25, 0.3) is 11.3 Å². The summed E-state index contributed by atoms with van der Waals surface area (Å²) in [5, 5.41) is 12.6. The highest BCUT2D eigenvalue weighted by molar-refractivity contribution is 5.64. The van der Waals surface area contributed by atoms with Crippen LogP contribution >= 0.6 is 0 Å². The van der Waals surface area contributed by atoms with Gasteiger partial charge in [-0.2, -0.15) is 0 Å². The minimum absolute atomic E-state index is 0.00113. The first-order valence-electron chi connectivity index (χ1n) is 8.98. The van der Waals surface area contributed by atoms with Gasteiger partial charge < -0.3 is 19.9 Å². The summed E-state index contributed by atoms with van der Waals surface area (Å²) in [7, 11) is 0. The quantitative estimate of drug-likeness (QED) is 0.829. The van der Waals surface area contributed by atoms with Crippen molar-refractivity contribution in [1.82, 2.24) is 10.3 Å². The van der Waals surface area contributed by atoms with E-state index in [9.17, 15) is 9.50 Å². The third-order valence-corrected chi connectivity index (χ3v) is 4.50. The summed E-state index contributed by atoms with van der Waals surface area (Å²) in [6.07, 6.45) is 0.844. The van der Waals surface area contributed by atoms with Crippen molar-refractivity contribution in [2.75, 3.05) is 19.8 Å². The van der Waals surface area contributed by atoms with Crippen LogP contribution in [0.2, 0.25) is 0 Å². The van der Waals surface area contributed by atoms with E-state index in [4.69, 9.17) is 9.47 Å². The highest BCUT2D eigenvalue weighted by Crippen LogP contribution is 2.33. The second-order valence-corrected chi connectivity index (χ2v) is 6.75. The van der Waals surface area contributed by atoms with E-state index in [0.717, 1.165) is 17.7 Å². The van der Waals surface area contributed by atoms with E-state index in [2.05, 4.69) is 10.3 Å². The summed E-state index contributed by atoms with van der Waals surface area (Å²) in [4.78, 5) is 4.46. The van der Waals surface area contributed by atoms with Crippen LogP contribution in [-0.4, -0.2) is 36.0 Å². The van der Waals surface area contributed by atoms with Gasteiger partial charge in [0.25, 0.3) is 0 Å². The van der Waals surface area contributed by atoms with Crippen molar-refractivity contribution in [3.05, 3.63) is 41.8 Å². The molecule has 5 nitrogen and oxygen atoms in total. The predicted molar refractivity (Wildman–Crippen MR) is 97.8 cm³/mol. The van der Waals surface area contributed by atoms with Gasteiger partial charge >= 0.3 is 0 Å². The van der Waals surface area contributed by atoms with Gasteiger partial charge in [-0.3, -0.25) is 0 Å². The number of aromatic nitrogens is 1. The molecule has 1 aromatic heterocycles. The third kappa shape index (κ3) is 4.31. The van der Waals surface area contributed by atoms with Crippen LogP contribution in [0.4, 0.5) is 4.39 Å². The molecular formula is C20H25FN2O3. The molecule has 2 aromatic rings. The Morgan fingerprint density at radius 1 is 1.15 bits per heavy atom. The van der Waals surface area contributed by atoms with E-state index in [0.29, 0.717) is 30.4 Å². The van der Waals surface area contributed by atoms with Crippen LogP contribution < -0.4 is 14.8 Å². The number of hydrogen-bond donors (Lipinski definition) is 2. The third-order valence-electron chi connectivity index (χ3n) is 4.50. The number of fused-ring (bicyclic) bond motifs is 1. The van der Waals surface area contributed by atoms with Crippen molar-refractivity contribution in [3.8, 4) is 22.8 Å². The largest absolute Gasteiger partial charge is 0.490 e. The normalized spacial score (nSPS) is 15.0. The second kappa shape index (κ2) is 8.47. The molecule has 140 valence electrons. The van der Waals surface area contributed by atoms with Crippen molar-refractivity contribution in [2.24, 2.45) is 5.92 Å². The van der Waals surface area contributed by atoms with Crippen LogP contribution in [0.15, 0.2) is 30.3 Å². The second-order valence-electron chi connectivity index (χ2n) is 6.75. The lowest BCUT2D eigenvalue weighted by molar-refractivity contribution is 0.209. The van der Waals surface area contributed by atoms with Crippen molar-refractivity contribution >= 4 is 0 Å². The molecule has 3 rings (SSSR count). The fraction of sp³-hybridized carbons (Fsp3) is 0.450. The highest BCUT2D eigenvalue weighted by Gasteiger charge is 2.15. The van der Waals surface area contributed by atoms with E-state index in [1.807, 2.05) is 32.0 Å². The van der Waals surface area contributed by atoms with Crippen molar-refractivity contribution < 1.29 is 19.0 Å². The zero-order valence-electron chi connectivity index (χ0n) is 15.2. The Morgan fingerprint density at radius 3 is 2.65 bits per heavy atom. The number of aliphatic hydroxyl groups excluding tert-OH is 1. The van der Waals surface area contributed by atoms with Gasteiger partial charge in [0.2, 0.25) is 0 Å². The Kier molecular flexibility index (Phi) is 6.06. The Morgan fingerprint density at radius 2 is 1.92 bits per heavy atom. The summed E-state index contributed by atoms with van der Waals surface area (Å²) < 4.78 is 25.5. The van der Waals surface area contributed by atoms with E-state index in [-0.39, 0.29) is 30.9 Å². The molecule has 1 atom stereocenters. The number of hydrogen-bond acceptors (Lipinski definition) is 5. The average molecular weight is 360 g/mol. The molecule has 2 N–H and O–H groups in total. The van der Waals surface area contributed by atoms with Gasteiger partial charge in [0.05, 0.1) is 31.2 Å². The summed E-state index contributed by atoms with van der Waals surface area (Å²) in [5.41, 5.74) is 1.84. The maximum atomic E-state index is 14.2. The summed E-state index contributed by atoms with van der Waals surface area (Å²) >= 11 is 0. The highest BCUT2D eigenvalue weighted by atomic mass is 19.1. The number of halogens is 1. The molecular weight excluding hydrogens is 335 g/mol. The summed E-state index contributed by atoms with van der Waals surface area (Å²) in [5.74, 6) is 1.29. The van der Waals surface area contributed by atoms with Crippen molar-refractivity contribution in [3.63, 3.8) is 0 Å². The zero-order chi connectivity index (χ0) is 18.5. The monoisotopic (exact) mass is 360 g/mol. The lowest BCUT2D eigenvalue weighted by Gasteiger charge is -2.20. The fourth-order valence-corrected chi connectivity index (χ4v) is 2.83. The van der Waals surface area contributed by atoms with E-state index in [1.54, 1.807) is 6.07 Å². The van der Waals surface area contributed by atoms with Gasteiger partial charge in [0.1, 0.15) is 5.82 Å². The van der Waals surface area contributed by atoms with Crippen LogP contribution in [0.5, 0.6) is 11.5 Å². The van der Waals surface area contributed by atoms with Gasteiger partial charge in [0, 0.05) is 24.6 Å². The number of pyridine rings is 1. The number of benzene rings is 1. The van der Waals surface area contributed by atoms with E-state index in [1.165, 1.54) is 6.07 Å². The number of nitrogens with zero attached hydrogens (tertiary/aromatic N) is 1. The maximum Gasteiger partial charge on any atom is 0.161 e. The molecule has 0 amide bonds. The van der Waals surface area contributed by atoms with Gasteiger partial charge in [0.15, 0.2) is 11.5 Å². The molecule has 1 aliphatic heterocycles. The van der Waals surface area contributed by atoms with Gasteiger partial charge in [-0.05, 0) is 36.2 Å². The minimum Gasteiger partial charge on any atom is -0.490 e. The first-order valence-corrected chi connectivity index (χ1v) is 8.98. The molecule has 0 aliphatic carbocycles. The molecule has 0 saturated heterocycles. The first kappa shape index (κ1) is 18.6. The molecule has 1 aliphatic rings. The fourth-order valence-electron chi connectivity index (χ4n) is 2.83. The number of nitrogens with one attached hydrogen (secondary N) is 1. The topological polar surface area (TPSA) is 63.6 Å². The molecule has 0 unspecified atom stereocenters. The van der Waals surface area contributed by atoms with Crippen LogP contribution in [-0.2, 0) is 6.54 Å². The van der Waals surface area contributed by atoms with Crippen LogP contribution in [0.1, 0.15) is 26.0 Å². The molecule has 0 fully saturated rings. The number of rotatable bonds is 6. The van der Waals surface area contributed by atoms with Crippen LogP contribution in [0, 0.1) is 11.7 Å². The molecule has 2 heterocycles.